The van der Waals surface area contributed by atoms with Crippen LogP contribution in [0.15, 0.2) is 24.3 Å². The molecule has 2 N–H and O–H groups in total. The molecule has 2 rings (SSSR count). The van der Waals surface area contributed by atoms with Crippen molar-refractivity contribution in [3.8, 4) is 5.75 Å². The number of hydrogen-bond donors (Lipinski definition) is 2. The summed E-state index contributed by atoms with van der Waals surface area (Å²) < 4.78 is 5.21. The van der Waals surface area contributed by atoms with Gasteiger partial charge in [0.05, 0.1) is 25.7 Å². The first-order valence-electron chi connectivity index (χ1n) is 6.23. The van der Waals surface area contributed by atoms with Crippen LogP contribution in [-0.2, 0) is 11.2 Å². The van der Waals surface area contributed by atoms with E-state index in [2.05, 4.69) is 5.32 Å². The molecule has 1 amide bonds. The SMILES string of the molecule is COc1ccccc1CC(=O)NC1(CO)CCC1. The van der Waals surface area contributed by atoms with Crippen molar-refractivity contribution >= 4 is 5.91 Å². The summed E-state index contributed by atoms with van der Waals surface area (Å²) in [6.45, 7) is 0.0185. The van der Waals surface area contributed by atoms with E-state index in [1.165, 1.54) is 0 Å². The number of ether oxygens (including phenoxy) is 1. The molecule has 0 aliphatic heterocycles. The lowest BCUT2D eigenvalue weighted by Gasteiger charge is -2.41. The first-order chi connectivity index (χ1) is 8.69. The molecule has 1 aromatic carbocycles. The summed E-state index contributed by atoms with van der Waals surface area (Å²) in [5.74, 6) is 0.660. The molecule has 0 saturated heterocycles. The van der Waals surface area contributed by atoms with Crippen LogP contribution < -0.4 is 10.1 Å². The lowest BCUT2D eigenvalue weighted by molar-refractivity contribution is -0.124. The third-order valence-electron chi connectivity index (χ3n) is 3.56. The van der Waals surface area contributed by atoms with E-state index in [-0.39, 0.29) is 24.5 Å². The van der Waals surface area contributed by atoms with Crippen molar-refractivity contribution < 1.29 is 14.6 Å². The average molecular weight is 249 g/mol. The molecule has 0 atom stereocenters. The van der Waals surface area contributed by atoms with Crippen LogP contribution in [0, 0.1) is 0 Å². The van der Waals surface area contributed by atoms with E-state index in [9.17, 15) is 9.90 Å². The molecule has 0 unspecified atom stereocenters. The van der Waals surface area contributed by atoms with Gasteiger partial charge in [0.2, 0.25) is 5.91 Å². The van der Waals surface area contributed by atoms with Gasteiger partial charge in [-0.2, -0.15) is 0 Å². The number of amides is 1. The first-order valence-corrected chi connectivity index (χ1v) is 6.23. The quantitative estimate of drug-likeness (QED) is 0.826. The summed E-state index contributed by atoms with van der Waals surface area (Å²) in [4.78, 5) is 12.0. The Bertz CT molecular complexity index is 421. The van der Waals surface area contributed by atoms with Crippen LogP contribution >= 0.6 is 0 Å². The highest BCUT2D eigenvalue weighted by atomic mass is 16.5. The summed E-state index contributed by atoms with van der Waals surface area (Å²) in [6.07, 6.45) is 3.07. The van der Waals surface area contributed by atoms with E-state index in [0.29, 0.717) is 0 Å². The summed E-state index contributed by atoms with van der Waals surface area (Å²) in [5.41, 5.74) is 0.490. The number of carbonyl (C=O) groups is 1. The minimum absolute atomic E-state index is 0.0185. The Morgan fingerprint density at radius 1 is 1.44 bits per heavy atom. The molecule has 1 fully saturated rings. The molecular weight excluding hydrogens is 230 g/mol. The highest BCUT2D eigenvalue weighted by molar-refractivity contribution is 5.80. The number of carbonyl (C=O) groups excluding carboxylic acids is 1. The van der Waals surface area contributed by atoms with Gasteiger partial charge in [0.1, 0.15) is 5.75 Å². The number of nitrogens with one attached hydrogen (secondary N) is 1. The molecule has 1 saturated carbocycles. The molecule has 0 heterocycles. The molecular formula is C14H19NO3. The van der Waals surface area contributed by atoms with Crippen molar-refractivity contribution in [2.75, 3.05) is 13.7 Å². The smallest absolute Gasteiger partial charge is 0.225 e. The monoisotopic (exact) mass is 249 g/mol. The Balaban J connectivity index is 1.98. The minimum Gasteiger partial charge on any atom is -0.496 e. The van der Waals surface area contributed by atoms with E-state index in [4.69, 9.17) is 4.74 Å². The second-order valence-corrected chi connectivity index (χ2v) is 4.83. The zero-order valence-electron chi connectivity index (χ0n) is 10.6. The van der Waals surface area contributed by atoms with Crippen LogP contribution in [0.1, 0.15) is 24.8 Å². The fraction of sp³-hybridized carbons (Fsp3) is 0.500. The van der Waals surface area contributed by atoms with Gasteiger partial charge in [0, 0.05) is 5.56 Å². The Morgan fingerprint density at radius 3 is 2.72 bits per heavy atom. The molecule has 98 valence electrons. The van der Waals surface area contributed by atoms with Gasteiger partial charge in [0.15, 0.2) is 0 Å². The van der Waals surface area contributed by atoms with E-state index in [1.54, 1.807) is 7.11 Å². The Kier molecular flexibility index (Phi) is 3.87. The number of aliphatic hydroxyl groups is 1. The lowest BCUT2D eigenvalue weighted by atomic mass is 9.77. The molecule has 1 aliphatic carbocycles. The predicted molar refractivity (Wildman–Crippen MR) is 68.5 cm³/mol. The van der Waals surface area contributed by atoms with E-state index in [0.717, 1.165) is 30.6 Å². The largest absolute Gasteiger partial charge is 0.496 e. The van der Waals surface area contributed by atoms with Crippen LogP contribution in [0.25, 0.3) is 0 Å². The molecule has 1 aromatic rings. The summed E-state index contributed by atoms with van der Waals surface area (Å²) in [5, 5.41) is 12.2. The van der Waals surface area contributed by atoms with Crippen molar-refractivity contribution in [2.24, 2.45) is 0 Å². The van der Waals surface area contributed by atoms with E-state index >= 15 is 0 Å². The van der Waals surface area contributed by atoms with Gasteiger partial charge in [-0.25, -0.2) is 0 Å². The normalized spacial score (nSPS) is 16.8. The number of aliphatic hydroxyl groups excluding tert-OH is 1. The molecule has 4 nitrogen and oxygen atoms in total. The fourth-order valence-corrected chi connectivity index (χ4v) is 2.29. The topological polar surface area (TPSA) is 58.6 Å². The first kappa shape index (κ1) is 12.9. The number of rotatable bonds is 5. The maximum absolute atomic E-state index is 12.0. The molecule has 0 spiro atoms. The van der Waals surface area contributed by atoms with Crippen molar-refractivity contribution in [2.45, 2.75) is 31.2 Å². The number of hydrogen-bond acceptors (Lipinski definition) is 3. The van der Waals surface area contributed by atoms with Gasteiger partial charge in [-0.05, 0) is 25.3 Å². The van der Waals surface area contributed by atoms with E-state index < -0.39 is 0 Å². The maximum atomic E-state index is 12.0. The molecule has 0 radical (unpaired) electrons. The molecule has 0 bridgehead atoms. The van der Waals surface area contributed by atoms with Gasteiger partial charge in [-0.1, -0.05) is 18.2 Å². The summed E-state index contributed by atoms with van der Waals surface area (Å²) >= 11 is 0. The summed E-state index contributed by atoms with van der Waals surface area (Å²) in [6, 6.07) is 7.48. The second kappa shape index (κ2) is 5.40. The zero-order chi connectivity index (χ0) is 13.0. The fourth-order valence-electron chi connectivity index (χ4n) is 2.29. The van der Waals surface area contributed by atoms with Crippen LogP contribution in [0.4, 0.5) is 0 Å². The van der Waals surface area contributed by atoms with Crippen LogP contribution in [0.2, 0.25) is 0 Å². The molecule has 1 aliphatic rings. The molecule has 4 heteroatoms. The second-order valence-electron chi connectivity index (χ2n) is 4.83. The third kappa shape index (κ3) is 2.64. The van der Waals surface area contributed by atoms with Gasteiger partial charge in [0.25, 0.3) is 0 Å². The van der Waals surface area contributed by atoms with Crippen LogP contribution in [0.3, 0.4) is 0 Å². The Labute approximate surface area is 107 Å². The van der Waals surface area contributed by atoms with Gasteiger partial charge in [-0.15, -0.1) is 0 Å². The predicted octanol–water partition coefficient (Wildman–Crippen LogP) is 1.27. The maximum Gasteiger partial charge on any atom is 0.225 e. The van der Waals surface area contributed by atoms with Crippen LogP contribution in [-0.4, -0.2) is 30.3 Å². The van der Waals surface area contributed by atoms with Crippen molar-refractivity contribution in [1.82, 2.24) is 5.32 Å². The van der Waals surface area contributed by atoms with Crippen molar-refractivity contribution in [3.63, 3.8) is 0 Å². The van der Waals surface area contributed by atoms with Gasteiger partial charge in [-0.3, -0.25) is 4.79 Å². The highest BCUT2D eigenvalue weighted by Gasteiger charge is 2.37. The molecule has 18 heavy (non-hydrogen) atoms. The number of methoxy groups -OCH3 is 1. The van der Waals surface area contributed by atoms with Gasteiger partial charge >= 0.3 is 0 Å². The van der Waals surface area contributed by atoms with Gasteiger partial charge < -0.3 is 15.2 Å². The highest BCUT2D eigenvalue weighted by Crippen LogP contribution is 2.31. The average Bonchev–Trinajstić information content (AvgIpc) is 2.34. The van der Waals surface area contributed by atoms with Crippen LogP contribution in [0.5, 0.6) is 5.75 Å². The number of benzene rings is 1. The third-order valence-corrected chi connectivity index (χ3v) is 3.56. The molecule has 0 aromatic heterocycles. The zero-order valence-corrected chi connectivity index (χ0v) is 10.6. The summed E-state index contributed by atoms with van der Waals surface area (Å²) in [7, 11) is 1.60. The van der Waals surface area contributed by atoms with E-state index in [1.807, 2.05) is 24.3 Å². The minimum atomic E-state index is -0.376. The standard InChI is InChI=1S/C14H19NO3/c1-18-12-6-3-2-5-11(12)9-13(17)15-14(10-16)7-4-8-14/h2-3,5-6,16H,4,7-10H2,1H3,(H,15,17). The van der Waals surface area contributed by atoms with Crippen molar-refractivity contribution in [3.05, 3.63) is 29.8 Å². The lowest BCUT2D eigenvalue weighted by Crippen LogP contribution is -2.56. The Hall–Kier alpha value is -1.55. The van der Waals surface area contributed by atoms with Crippen molar-refractivity contribution in [1.29, 1.82) is 0 Å². The Morgan fingerprint density at radius 2 is 2.17 bits per heavy atom. The number of para-hydroxylation sites is 1.